The maximum absolute atomic E-state index is 12.8. The van der Waals surface area contributed by atoms with Gasteiger partial charge in [0, 0.05) is 18.5 Å². The lowest BCUT2D eigenvalue weighted by Gasteiger charge is -2.24. The zero-order chi connectivity index (χ0) is 23.2. The van der Waals surface area contributed by atoms with Gasteiger partial charge in [0.15, 0.2) is 0 Å². The van der Waals surface area contributed by atoms with Crippen molar-refractivity contribution in [2.24, 2.45) is 0 Å². The van der Waals surface area contributed by atoms with Crippen molar-refractivity contribution >= 4 is 23.3 Å². The van der Waals surface area contributed by atoms with Gasteiger partial charge in [-0.1, -0.05) is 24.3 Å². The Morgan fingerprint density at radius 3 is 2.76 bits per heavy atom. The third-order valence-electron chi connectivity index (χ3n) is 5.32. The fourth-order valence-corrected chi connectivity index (χ4v) is 3.88. The number of likely N-dealkylation sites (N-methyl/N-ethyl adjacent to an activating group) is 1. The molecule has 0 aliphatic heterocycles. The number of ether oxygens (including phenoxy) is 1. The molecular weight excluding hydrogens is 434 g/mol. The quantitative estimate of drug-likeness (QED) is 0.353. The molecule has 4 rings (SSSR count). The number of carbonyl (C=O) groups is 1. The van der Waals surface area contributed by atoms with E-state index in [2.05, 4.69) is 15.1 Å². The molecule has 4 aromatic rings. The van der Waals surface area contributed by atoms with Gasteiger partial charge in [-0.2, -0.15) is 5.10 Å². The lowest BCUT2D eigenvalue weighted by atomic mass is 10.1. The van der Waals surface area contributed by atoms with E-state index in [-0.39, 0.29) is 11.9 Å². The average molecular weight is 460 g/mol. The van der Waals surface area contributed by atoms with E-state index in [1.54, 1.807) is 46.4 Å². The Balaban J connectivity index is 1.36. The lowest BCUT2D eigenvalue weighted by molar-refractivity contribution is -0.126. The number of hydrogen-bond donors (Lipinski definition) is 0. The standard InChI is InChI=1S/C25H25N5O2S/c1-18(21-8-10-23(11-9-21)30-17-26-16-27-30)29(3)25(31)12-7-20-5-4-6-24(13-20)32-14-22-15-33-19(2)28-22/h4-13,15-18H,14H2,1-3H3. The highest BCUT2D eigenvalue weighted by Gasteiger charge is 2.15. The van der Waals surface area contributed by atoms with Crippen LogP contribution in [0.3, 0.4) is 0 Å². The van der Waals surface area contributed by atoms with Crippen LogP contribution in [0.2, 0.25) is 0 Å². The third kappa shape index (κ3) is 5.72. The molecule has 0 fully saturated rings. The van der Waals surface area contributed by atoms with E-state index >= 15 is 0 Å². The molecule has 0 spiro atoms. The third-order valence-corrected chi connectivity index (χ3v) is 6.14. The summed E-state index contributed by atoms with van der Waals surface area (Å²) < 4.78 is 7.53. The summed E-state index contributed by atoms with van der Waals surface area (Å²) in [7, 11) is 1.80. The molecule has 8 heteroatoms. The highest BCUT2D eigenvalue weighted by atomic mass is 32.1. The van der Waals surface area contributed by atoms with Gasteiger partial charge in [-0.3, -0.25) is 4.79 Å². The summed E-state index contributed by atoms with van der Waals surface area (Å²) in [6.45, 7) is 4.40. The fourth-order valence-electron chi connectivity index (χ4n) is 3.29. The van der Waals surface area contributed by atoms with Crippen LogP contribution in [-0.2, 0) is 11.4 Å². The Morgan fingerprint density at radius 2 is 2.06 bits per heavy atom. The highest BCUT2D eigenvalue weighted by molar-refractivity contribution is 7.09. The maximum atomic E-state index is 12.8. The van der Waals surface area contributed by atoms with E-state index in [0.717, 1.165) is 33.3 Å². The van der Waals surface area contributed by atoms with Crippen LogP contribution in [0.25, 0.3) is 11.8 Å². The number of carbonyl (C=O) groups excluding carboxylic acids is 1. The molecule has 1 amide bonds. The van der Waals surface area contributed by atoms with Crippen LogP contribution in [0.15, 0.2) is 72.6 Å². The molecule has 0 bridgehead atoms. The molecule has 1 atom stereocenters. The summed E-state index contributed by atoms with van der Waals surface area (Å²) in [4.78, 5) is 22.8. The maximum Gasteiger partial charge on any atom is 0.246 e. The van der Waals surface area contributed by atoms with E-state index in [1.807, 2.05) is 67.8 Å². The number of benzene rings is 2. The Labute approximate surface area is 197 Å². The Kier molecular flexibility index (Phi) is 6.95. The number of amides is 1. The minimum atomic E-state index is -0.0804. The number of aryl methyl sites for hydroxylation is 1. The average Bonchev–Trinajstić information content (AvgIpc) is 3.53. The van der Waals surface area contributed by atoms with Crippen molar-refractivity contribution in [2.75, 3.05) is 7.05 Å². The van der Waals surface area contributed by atoms with Gasteiger partial charge in [-0.15, -0.1) is 11.3 Å². The molecule has 2 aromatic carbocycles. The van der Waals surface area contributed by atoms with E-state index in [9.17, 15) is 4.79 Å². The van der Waals surface area contributed by atoms with Crippen molar-refractivity contribution in [2.45, 2.75) is 26.5 Å². The SMILES string of the molecule is Cc1nc(COc2cccc(C=CC(=O)N(C)C(C)c3ccc(-n4cncn4)cc3)c2)cs1. The monoisotopic (exact) mass is 459 g/mol. The van der Waals surface area contributed by atoms with Gasteiger partial charge in [0.05, 0.1) is 22.4 Å². The van der Waals surface area contributed by atoms with E-state index < -0.39 is 0 Å². The van der Waals surface area contributed by atoms with E-state index in [1.165, 1.54) is 6.33 Å². The lowest BCUT2D eigenvalue weighted by Crippen LogP contribution is -2.27. The highest BCUT2D eigenvalue weighted by Crippen LogP contribution is 2.21. The number of hydrogen-bond acceptors (Lipinski definition) is 6. The second-order valence-electron chi connectivity index (χ2n) is 7.61. The van der Waals surface area contributed by atoms with E-state index in [0.29, 0.717) is 6.61 Å². The van der Waals surface area contributed by atoms with Crippen molar-refractivity contribution in [1.29, 1.82) is 0 Å². The van der Waals surface area contributed by atoms with Gasteiger partial charge < -0.3 is 9.64 Å². The molecule has 33 heavy (non-hydrogen) atoms. The van der Waals surface area contributed by atoms with Crippen LogP contribution >= 0.6 is 11.3 Å². The molecule has 168 valence electrons. The second kappa shape index (κ2) is 10.2. The molecule has 2 aromatic heterocycles. The van der Waals surface area contributed by atoms with Crippen molar-refractivity contribution in [3.05, 3.63) is 94.5 Å². The van der Waals surface area contributed by atoms with Crippen molar-refractivity contribution in [3.63, 3.8) is 0 Å². The zero-order valence-electron chi connectivity index (χ0n) is 18.8. The fraction of sp³-hybridized carbons (Fsp3) is 0.200. The molecule has 0 aliphatic carbocycles. The predicted octanol–water partition coefficient (Wildman–Crippen LogP) is 4.84. The minimum absolute atomic E-state index is 0.0767. The van der Waals surface area contributed by atoms with Crippen LogP contribution in [-0.4, -0.2) is 37.6 Å². The zero-order valence-corrected chi connectivity index (χ0v) is 19.6. The summed E-state index contributed by atoms with van der Waals surface area (Å²) in [5, 5.41) is 7.15. The number of nitrogens with zero attached hydrogens (tertiary/aromatic N) is 5. The second-order valence-corrected chi connectivity index (χ2v) is 8.67. The molecule has 0 saturated heterocycles. The minimum Gasteiger partial charge on any atom is -0.487 e. The van der Waals surface area contributed by atoms with Crippen molar-refractivity contribution in [3.8, 4) is 11.4 Å². The summed E-state index contributed by atoms with van der Waals surface area (Å²) >= 11 is 1.61. The molecule has 0 aliphatic rings. The first-order valence-corrected chi connectivity index (χ1v) is 11.4. The molecule has 0 saturated carbocycles. The van der Waals surface area contributed by atoms with Gasteiger partial charge in [-0.05, 0) is 55.3 Å². The molecule has 2 heterocycles. The molecular formula is C25H25N5O2S. The van der Waals surface area contributed by atoms with Gasteiger partial charge in [-0.25, -0.2) is 14.6 Å². The largest absolute Gasteiger partial charge is 0.487 e. The van der Waals surface area contributed by atoms with Crippen LogP contribution in [0.1, 0.15) is 34.8 Å². The van der Waals surface area contributed by atoms with Crippen molar-refractivity contribution in [1.82, 2.24) is 24.6 Å². The number of thiazole rings is 1. The molecule has 0 N–H and O–H groups in total. The summed E-state index contributed by atoms with van der Waals surface area (Å²) in [6.07, 6.45) is 6.54. The van der Waals surface area contributed by atoms with Gasteiger partial charge in [0.25, 0.3) is 0 Å². The first-order chi connectivity index (χ1) is 16.0. The van der Waals surface area contributed by atoms with Crippen LogP contribution < -0.4 is 4.74 Å². The van der Waals surface area contributed by atoms with Crippen LogP contribution in [0, 0.1) is 6.92 Å². The van der Waals surface area contributed by atoms with Gasteiger partial charge in [0.2, 0.25) is 5.91 Å². The Morgan fingerprint density at radius 1 is 1.24 bits per heavy atom. The topological polar surface area (TPSA) is 73.1 Å². The van der Waals surface area contributed by atoms with E-state index in [4.69, 9.17) is 4.74 Å². The van der Waals surface area contributed by atoms with Crippen LogP contribution in [0.5, 0.6) is 5.75 Å². The van der Waals surface area contributed by atoms with Crippen molar-refractivity contribution < 1.29 is 9.53 Å². The van der Waals surface area contributed by atoms with Crippen LogP contribution in [0.4, 0.5) is 0 Å². The summed E-state index contributed by atoms with van der Waals surface area (Å²) in [6, 6.07) is 15.5. The number of aromatic nitrogens is 4. The number of rotatable bonds is 8. The predicted molar refractivity (Wildman–Crippen MR) is 129 cm³/mol. The summed E-state index contributed by atoms with van der Waals surface area (Å²) in [5.74, 6) is 0.663. The molecule has 1 unspecified atom stereocenters. The smallest absolute Gasteiger partial charge is 0.246 e. The molecule has 7 nitrogen and oxygen atoms in total. The first-order valence-electron chi connectivity index (χ1n) is 10.5. The Hall–Kier alpha value is -3.78. The Bertz CT molecular complexity index is 1230. The first kappa shape index (κ1) is 22.4. The normalized spacial score (nSPS) is 12.1. The van der Waals surface area contributed by atoms with Gasteiger partial charge >= 0.3 is 0 Å². The summed E-state index contributed by atoms with van der Waals surface area (Å²) in [5.41, 5.74) is 3.77. The molecule has 0 radical (unpaired) electrons. The van der Waals surface area contributed by atoms with Gasteiger partial charge in [0.1, 0.15) is 25.0 Å².